The molecule has 1 heterocycles. The molecule has 0 aromatic heterocycles. The van der Waals surface area contributed by atoms with Crippen LogP contribution in [0.2, 0.25) is 0 Å². The molecule has 0 spiro atoms. The molecule has 35 heavy (non-hydrogen) atoms. The first-order chi connectivity index (χ1) is 16.7. The topological polar surface area (TPSA) is 18.5 Å². The van der Waals surface area contributed by atoms with Gasteiger partial charge in [-0.1, -0.05) is 72.5 Å². The Morgan fingerprint density at radius 3 is 2.46 bits per heavy atom. The molecule has 2 unspecified atom stereocenters. The number of hydrogen-bond acceptors (Lipinski definition) is 2. The summed E-state index contributed by atoms with van der Waals surface area (Å²) in [6.07, 6.45) is 21.8. The minimum atomic E-state index is 0.0577. The first-order valence-electron chi connectivity index (χ1n) is 15.6. The van der Waals surface area contributed by atoms with Gasteiger partial charge in [0.15, 0.2) is 6.29 Å². The van der Waals surface area contributed by atoms with Crippen LogP contribution in [0.1, 0.15) is 131 Å². The maximum absolute atomic E-state index is 6.49. The molecule has 0 radical (unpaired) electrons. The molecule has 4 fully saturated rings. The zero-order valence-corrected chi connectivity index (χ0v) is 24.0. The van der Waals surface area contributed by atoms with Crippen molar-refractivity contribution in [2.75, 3.05) is 6.61 Å². The molecule has 0 amide bonds. The minimum absolute atomic E-state index is 0.0577. The van der Waals surface area contributed by atoms with Crippen molar-refractivity contribution >= 4 is 0 Å². The molecule has 2 heteroatoms. The summed E-state index contributed by atoms with van der Waals surface area (Å²) in [5.74, 6) is 4.42. The lowest BCUT2D eigenvalue weighted by molar-refractivity contribution is -0.196. The van der Waals surface area contributed by atoms with Crippen LogP contribution in [0.5, 0.6) is 0 Å². The van der Waals surface area contributed by atoms with E-state index in [0.29, 0.717) is 22.3 Å². The zero-order chi connectivity index (χ0) is 24.8. The van der Waals surface area contributed by atoms with Gasteiger partial charge in [0.05, 0.1) is 6.10 Å². The van der Waals surface area contributed by atoms with Gasteiger partial charge in [-0.05, 0) is 116 Å². The van der Waals surface area contributed by atoms with Crippen LogP contribution in [0.25, 0.3) is 0 Å². The van der Waals surface area contributed by atoms with Crippen molar-refractivity contribution < 1.29 is 9.47 Å². The average molecular weight is 485 g/mol. The third kappa shape index (κ3) is 4.60. The molecule has 9 atom stereocenters. The first-order valence-corrected chi connectivity index (χ1v) is 15.6. The smallest absolute Gasteiger partial charge is 0.157 e. The SMILES string of the molecule is CC(C)CCC[C@@H](C)[C@H]1CC[C@@]2(C)[C@@H]3CC=C4CC(OC5CCCCO5)CC[C@]4(C)[C@H]3CC[C@]12C. The molecule has 0 bridgehead atoms. The maximum Gasteiger partial charge on any atom is 0.157 e. The Labute approximate surface area is 217 Å². The van der Waals surface area contributed by atoms with Crippen LogP contribution in [-0.2, 0) is 9.47 Å². The van der Waals surface area contributed by atoms with Gasteiger partial charge in [-0.3, -0.25) is 0 Å². The van der Waals surface area contributed by atoms with Crippen molar-refractivity contribution in [3.8, 4) is 0 Å². The maximum atomic E-state index is 6.49. The normalized spacial score (nSPS) is 46.5. The summed E-state index contributed by atoms with van der Waals surface area (Å²) >= 11 is 0. The van der Waals surface area contributed by atoms with E-state index in [1.165, 1.54) is 77.0 Å². The van der Waals surface area contributed by atoms with Crippen molar-refractivity contribution in [1.29, 1.82) is 0 Å². The fourth-order valence-electron chi connectivity index (χ4n) is 10.2. The van der Waals surface area contributed by atoms with E-state index >= 15 is 0 Å². The molecular weight excluding hydrogens is 428 g/mol. The number of rotatable bonds is 7. The van der Waals surface area contributed by atoms with E-state index in [0.717, 1.165) is 49.0 Å². The number of allylic oxidation sites excluding steroid dienone is 1. The van der Waals surface area contributed by atoms with Crippen molar-refractivity contribution in [1.82, 2.24) is 0 Å². The molecule has 5 rings (SSSR count). The lowest BCUT2D eigenvalue weighted by Crippen LogP contribution is -2.55. The van der Waals surface area contributed by atoms with E-state index in [1.54, 1.807) is 5.57 Å². The largest absolute Gasteiger partial charge is 0.353 e. The summed E-state index contributed by atoms with van der Waals surface area (Å²) < 4.78 is 12.4. The van der Waals surface area contributed by atoms with Crippen LogP contribution in [-0.4, -0.2) is 19.0 Å². The zero-order valence-electron chi connectivity index (χ0n) is 24.0. The van der Waals surface area contributed by atoms with E-state index in [-0.39, 0.29) is 6.29 Å². The van der Waals surface area contributed by atoms with Crippen LogP contribution < -0.4 is 0 Å². The fraction of sp³-hybridized carbons (Fsp3) is 0.939. The third-order valence-electron chi connectivity index (χ3n) is 12.6. The quantitative estimate of drug-likeness (QED) is 0.335. The molecule has 0 aromatic carbocycles. The van der Waals surface area contributed by atoms with Gasteiger partial charge in [-0.2, -0.15) is 0 Å². The Morgan fingerprint density at radius 1 is 0.914 bits per heavy atom. The Hall–Kier alpha value is -0.340. The number of ether oxygens (including phenoxy) is 2. The van der Waals surface area contributed by atoms with Gasteiger partial charge >= 0.3 is 0 Å². The molecule has 1 saturated heterocycles. The highest BCUT2D eigenvalue weighted by Gasteiger charge is 2.64. The molecule has 4 aliphatic carbocycles. The highest BCUT2D eigenvalue weighted by Crippen LogP contribution is 2.72. The second-order valence-corrected chi connectivity index (χ2v) is 14.7. The molecule has 5 aliphatic rings. The summed E-state index contributed by atoms with van der Waals surface area (Å²) in [5.41, 5.74) is 3.20. The van der Waals surface area contributed by atoms with E-state index in [9.17, 15) is 0 Å². The van der Waals surface area contributed by atoms with Gasteiger partial charge in [0, 0.05) is 6.61 Å². The van der Waals surface area contributed by atoms with Gasteiger partial charge in [0.2, 0.25) is 0 Å². The molecule has 0 aromatic rings. The van der Waals surface area contributed by atoms with Crippen LogP contribution in [0.3, 0.4) is 0 Å². The summed E-state index contributed by atoms with van der Waals surface area (Å²) in [5, 5.41) is 0. The van der Waals surface area contributed by atoms with Crippen LogP contribution in [0.15, 0.2) is 11.6 Å². The summed E-state index contributed by atoms with van der Waals surface area (Å²) in [4.78, 5) is 0. The van der Waals surface area contributed by atoms with E-state index in [4.69, 9.17) is 9.47 Å². The lowest BCUT2D eigenvalue weighted by atomic mass is 9.42. The predicted octanol–water partition coefficient (Wildman–Crippen LogP) is 9.33. The number of hydrogen-bond donors (Lipinski definition) is 0. The second-order valence-electron chi connectivity index (χ2n) is 14.7. The summed E-state index contributed by atoms with van der Waals surface area (Å²) in [7, 11) is 0. The van der Waals surface area contributed by atoms with Gasteiger partial charge < -0.3 is 9.47 Å². The molecule has 200 valence electrons. The predicted molar refractivity (Wildman–Crippen MR) is 146 cm³/mol. The molecule has 0 N–H and O–H groups in total. The van der Waals surface area contributed by atoms with E-state index < -0.39 is 0 Å². The van der Waals surface area contributed by atoms with Crippen LogP contribution in [0, 0.1) is 45.8 Å². The molecule has 2 nitrogen and oxygen atoms in total. The molecule has 3 saturated carbocycles. The van der Waals surface area contributed by atoms with Gasteiger partial charge in [0.25, 0.3) is 0 Å². The van der Waals surface area contributed by atoms with Crippen LogP contribution in [0.4, 0.5) is 0 Å². The highest BCUT2D eigenvalue weighted by atomic mass is 16.7. The van der Waals surface area contributed by atoms with Crippen molar-refractivity contribution in [3.05, 3.63) is 11.6 Å². The Kier molecular flexibility index (Phi) is 7.57. The van der Waals surface area contributed by atoms with E-state index in [1.807, 2.05) is 0 Å². The Bertz CT molecular complexity index is 765. The highest BCUT2D eigenvalue weighted by molar-refractivity contribution is 5.27. The number of fused-ring (bicyclic) bond motifs is 5. The van der Waals surface area contributed by atoms with Gasteiger partial charge in [-0.25, -0.2) is 0 Å². The fourth-order valence-corrected chi connectivity index (χ4v) is 10.2. The van der Waals surface area contributed by atoms with Crippen molar-refractivity contribution in [2.24, 2.45) is 45.8 Å². The lowest BCUT2D eigenvalue weighted by Gasteiger charge is -2.63. The van der Waals surface area contributed by atoms with Crippen molar-refractivity contribution in [2.45, 2.75) is 144 Å². The standard InChI is InChI=1S/C33H56O2/c1-23(2)10-9-11-24(3)27-16-19-33(6)29-14-13-25-22-26(35-30-12-7-8-21-34-30)15-18-31(25,4)28(29)17-20-32(27,33)5/h13,23-24,26-30H,7-12,14-22H2,1-6H3/t24-,26?,27-,28+,29-,30?,31+,32-,33+/m1/s1. The third-order valence-corrected chi connectivity index (χ3v) is 12.6. The summed E-state index contributed by atoms with van der Waals surface area (Å²) in [6, 6.07) is 0. The Balaban J connectivity index is 1.28. The first kappa shape index (κ1) is 26.3. The Morgan fingerprint density at radius 2 is 1.71 bits per heavy atom. The van der Waals surface area contributed by atoms with Gasteiger partial charge in [-0.15, -0.1) is 0 Å². The molecular formula is C33H56O2. The monoisotopic (exact) mass is 484 g/mol. The van der Waals surface area contributed by atoms with E-state index in [2.05, 4.69) is 47.6 Å². The van der Waals surface area contributed by atoms with Gasteiger partial charge in [0.1, 0.15) is 0 Å². The average Bonchev–Trinajstić information content (AvgIpc) is 3.11. The van der Waals surface area contributed by atoms with Crippen molar-refractivity contribution in [3.63, 3.8) is 0 Å². The molecule has 1 aliphatic heterocycles. The van der Waals surface area contributed by atoms with Crippen LogP contribution >= 0.6 is 0 Å². The second kappa shape index (κ2) is 10.1. The summed E-state index contributed by atoms with van der Waals surface area (Å²) in [6.45, 7) is 16.4. The minimum Gasteiger partial charge on any atom is -0.353 e.